The summed E-state index contributed by atoms with van der Waals surface area (Å²) in [5, 5.41) is 9.41. The minimum Gasteiger partial charge on any atom is -0.270 e. The Hall–Kier alpha value is -2.16. The Morgan fingerprint density at radius 3 is 2.21 bits per heavy atom. The lowest BCUT2D eigenvalue weighted by molar-refractivity contribution is 0.346. The van der Waals surface area contributed by atoms with Gasteiger partial charge in [0, 0.05) is 24.3 Å². The van der Waals surface area contributed by atoms with Crippen LogP contribution in [-0.4, -0.2) is 46.8 Å². The average Bonchev–Trinajstić information content (AvgIpc) is 3.19. The summed E-state index contributed by atoms with van der Waals surface area (Å²) in [4.78, 5) is 0.328. The highest BCUT2D eigenvalue weighted by atomic mass is 32.2. The molecule has 8 heteroatoms. The van der Waals surface area contributed by atoms with Gasteiger partial charge in [-0.15, -0.1) is 10.2 Å². The van der Waals surface area contributed by atoms with Crippen LogP contribution in [0, 0.1) is 0 Å². The van der Waals surface area contributed by atoms with Crippen molar-refractivity contribution in [1.82, 2.24) is 19.1 Å². The molecule has 1 fully saturated rings. The summed E-state index contributed by atoms with van der Waals surface area (Å²) in [5.74, 6) is 0.692. The van der Waals surface area contributed by atoms with E-state index in [1.807, 2.05) is 53.3 Å². The zero-order valence-corrected chi connectivity index (χ0v) is 17.3. The van der Waals surface area contributed by atoms with Gasteiger partial charge in [-0.2, -0.15) is 4.31 Å². The molecule has 0 amide bonds. The molecule has 0 bridgehead atoms. The predicted octanol–water partition coefficient (Wildman–Crippen LogP) is 3.83. The van der Waals surface area contributed by atoms with E-state index in [4.69, 9.17) is 0 Å². The number of hydrogen-bond donors (Lipinski definition) is 0. The van der Waals surface area contributed by atoms with Crippen LogP contribution in [0.3, 0.4) is 0 Å². The van der Waals surface area contributed by atoms with E-state index in [1.165, 1.54) is 11.8 Å². The van der Waals surface area contributed by atoms with Gasteiger partial charge in [0.25, 0.3) is 0 Å². The Balaban J connectivity index is 1.70. The highest BCUT2D eigenvalue weighted by Crippen LogP contribution is 2.28. The number of para-hydroxylation sites is 1. The molecule has 0 atom stereocenters. The van der Waals surface area contributed by atoms with Crippen molar-refractivity contribution in [2.45, 2.75) is 29.3 Å². The highest BCUT2D eigenvalue weighted by molar-refractivity contribution is 7.98. The Bertz CT molecular complexity index is 1040. The molecule has 0 spiro atoms. The lowest BCUT2D eigenvalue weighted by Gasteiger charge is -2.25. The van der Waals surface area contributed by atoms with Gasteiger partial charge in [0.05, 0.1) is 4.90 Å². The normalized spacial score (nSPS) is 15.6. The van der Waals surface area contributed by atoms with Crippen LogP contribution in [-0.2, 0) is 10.0 Å². The molecule has 2 heterocycles. The van der Waals surface area contributed by atoms with Crippen LogP contribution in [0.1, 0.15) is 19.3 Å². The van der Waals surface area contributed by atoms with E-state index in [0.717, 1.165) is 35.7 Å². The third kappa shape index (κ3) is 3.59. The third-order valence-electron chi connectivity index (χ3n) is 4.90. The Morgan fingerprint density at radius 1 is 0.893 bits per heavy atom. The second-order valence-corrected chi connectivity index (χ2v) is 9.38. The van der Waals surface area contributed by atoms with Gasteiger partial charge in [0.15, 0.2) is 11.0 Å². The van der Waals surface area contributed by atoms with E-state index in [-0.39, 0.29) is 0 Å². The number of thioether (sulfide) groups is 1. The lowest BCUT2D eigenvalue weighted by atomic mass is 10.2. The van der Waals surface area contributed by atoms with Crippen molar-refractivity contribution in [1.29, 1.82) is 0 Å². The van der Waals surface area contributed by atoms with E-state index in [0.29, 0.717) is 23.8 Å². The molecule has 4 rings (SSSR count). The Labute approximate surface area is 169 Å². The van der Waals surface area contributed by atoms with Gasteiger partial charge >= 0.3 is 0 Å². The van der Waals surface area contributed by atoms with Gasteiger partial charge in [0.1, 0.15) is 0 Å². The predicted molar refractivity (Wildman–Crippen MR) is 111 cm³/mol. The fourth-order valence-corrected chi connectivity index (χ4v) is 5.44. The van der Waals surface area contributed by atoms with Gasteiger partial charge in [-0.3, -0.25) is 4.57 Å². The summed E-state index contributed by atoms with van der Waals surface area (Å²) < 4.78 is 29.3. The molecule has 0 N–H and O–H groups in total. The molecule has 1 saturated heterocycles. The Kier molecular flexibility index (Phi) is 5.52. The number of benzene rings is 2. The molecule has 0 aliphatic carbocycles. The second kappa shape index (κ2) is 8.06. The minimum atomic E-state index is -3.44. The number of nitrogens with zero attached hydrogens (tertiary/aromatic N) is 4. The largest absolute Gasteiger partial charge is 0.270 e. The third-order valence-corrected chi connectivity index (χ3v) is 7.44. The zero-order valence-electron chi connectivity index (χ0n) is 15.7. The highest BCUT2D eigenvalue weighted by Gasteiger charge is 2.26. The molecule has 2 aromatic carbocycles. The average molecular weight is 415 g/mol. The number of sulfonamides is 1. The van der Waals surface area contributed by atoms with Crippen molar-refractivity contribution >= 4 is 21.8 Å². The van der Waals surface area contributed by atoms with Crippen molar-refractivity contribution in [3.05, 3.63) is 54.6 Å². The number of rotatable bonds is 5. The maximum Gasteiger partial charge on any atom is 0.243 e. The summed E-state index contributed by atoms with van der Waals surface area (Å²) in [6, 6.07) is 16.9. The van der Waals surface area contributed by atoms with Crippen molar-refractivity contribution in [2.75, 3.05) is 19.3 Å². The van der Waals surface area contributed by atoms with Crippen LogP contribution in [0.2, 0.25) is 0 Å². The van der Waals surface area contributed by atoms with Crippen molar-refractivity contribution in [2.24, 2.45) is 0 Å². The molecule has 0 unspecified atom stereocenters. The van der Waals surface area contributed by atoms with Crippen LogP contribution >= 0.6 is 11.8 Å². The van der Waals surface area contributed by atoms with Crippen molar-refractivity contribution < 1.29 is 8.42 Å². The molecule has 1 aliphatic heterocycles. The van der Waals surface area contributed by atoms with E-state index in [9.17, 15) is 8.42 Å². The molecule has 6 nitrogen and oxygen atoms in total. The zero-order chi connectivity index (χ0) is 19.6. The maximum absolute atomic E-state index is 12.9. The summed E-state index contributed by atoms with van der Waals surface area (Å²) in [6.45, 7) is 1.20. The Morgan fingerprint density at radius 2 is 1.57 bits per heavy atom. The molecular weight excluding hydrogens is 392 g/mol. The van der Waals surface area contributed by atoms with Crippen molar-refractivity contribution in [3.63, 3.8) is 0 Å². The molecule has 3 aromatic rings. The molecule has 1 aliphatic rings. The molecule has 1 aromatic heterocycles. The van der Waals surface area contributed by atoms with Crippen LogP contribution in [0.4, 0.5) is 0 Å². The van der Waals surface area contributed by atoms with Gasteiger partial charge in [-0.1, -0.05) is 36.4 Å². The fraction of sp³-hybridized carbons (Fsp3) is 0.300. The van der Waals surface area contributed by atoms with E-state index in [2.05, 4.69) is 10.2 Å². The lowest BCUT2D eigenvalue weighted by Crippen LogP contribution is -2.35. The molecule has 28 heavy (non-hydrogen) atoms. The first-order chi connectivity index (χ1) is 13.6. The van der Waals surface area contributed by atoms with Gasteiger partial charge in [0.2, 0.25) is 10.0 Å². The SMILES string of the molecule is CSc1nnc(-c2ccc(S(=O)(=O)N3CCCCC3)cc2)n1-c1ccccc1. The molecular formula is C20H22N4O2S2. The van der Waals surface area contributed by atoms with Gasteiger partial charge < -0.3 is 0 Å². The monoisotopic (exact) mass is 414 g/mol. The number of aromatic nitrogens is 3. The fourth-order valence-electron chi connectivity index (χ4n) is 3.43. The molecule has 0 saturated carbocycles. The van der Waals surface area contributed by atoms with Gasteiger partial charge in [-0.05, 0) is 55.5 Å². The summed E-state index contributed by atoms with van der Waals surface area (Å²) in [6.07, 6.45) is 4.91. The topological polar surface area (TPSA) is 68.1 Å². The molecule has 146 valence electrons. The minimum absolute atomic E-state index is 0.328. The summed E-state index contributed by atoms with van der Waals surface area (Å²) in [7, 11) is -3.44. The van der Waals surface area contributed by atoms with E-state index >= 15 is 0 Å². The number of hydrogen-bond acceptors (Lipinski definition) is 5. The molecule has 0 radical (unpaired) electrons. The smallest absolute Gasteiger partial charge is 0.243 e. The first-order valence-electron chi connectivity index (χ1n) is 9.26. The number of piperidine rings is 1. The van der Waals surface area contributed by atoms with Crippen LogP contribution in [0.5, 0.6) is 0 Å². The standard InChI is InChI=1S/C20H22N4O2S2/c1-27-20-22-21-19(24(20)17-8-4-2-5-9-17)16-10-12-18(13-11-16)28(25,26)23-14-6-3-7-15-23/h2,4-5,8-13H,3,6-7,14-15H2,1H3. The van der Waals surface area contributed by atoms with Crippen LogP contribution < -0.4 is 0 Å². The first kappa shape index (κ1) is 19.2. The maximum atomic E-state index is 12.9. The quantitative estimate of drug-likeness (QED) is 0.594. The first-order valence-corrected chi connectivity index (χ1v) is 11.9. The van der Waals surface area contributed by atoms with Crippen LogP contribution in [0.25, 0.3) is 17.1 Å². The van der Waals surface area contributed by atoms with E-state index in [1.54, 1.807) is 16.4 Å². The van der Waals surface area contributed by atoms with E-state index < -0.39 is 10.0 Å². The summed E-state index contributed by atoms with van der Waals surface area (Å²) >= 11 is 1.52. The van der Waals surface area contributed by atoms with Gasteiger partial charge in [-0.25, -0.2) is 8.42 Å². The summed E-state index contributed by atoms with van der Waals surface area (Å²) in [5.41, 5.74) is 1.80. The van der Waals surface area contributed by atoms with Crippen LogP contribution in [0.15, 0.2) is 64.6 Å². The second-order valence-electron chi connectivity index (χ2n) is 6.67. The van der Waals surface area contributed by atoms with Crippen molar-refractivity contribution in [3.8, 4) is 17.1 Å².